The minimum absolute atomic E-state index is 0. The number of ether oxygens (including phenoxy) is 1. The predicted molar refractivity (Wildman–Crippen MR) is 77.1 cm³/mol. The Bertz CT molecular complexity index is 357. The van der Waals surface area contributed by atoms with E-state index in [1.165, 1.54) is 0 Å². The number of hydrogen-bond acceptors (Lipinski definition) is 3. The van der Waals surface area contributed by atoms with Gasteiger partial charge in [0.2, 0.25) is 0 Å². The highest BCUT2D eigenvalue weighted by molar-refractivity contribution is 5.92. The first-order chi connectivity index (χ1) is 8.20. The summed E-state index contributed by atoms with van der Waals surface area (Å²) in [6, 6.07) is 0. The van der Waals surface area contributed by atoms with E-state index in [9.17, 15) is 9.59 Å². The topological polar surface area (TPSA) is 46.6 Å². The van der Waals surface area contributed by atoms with Crippen molar-refractivity contribution in [3.05, 3.63) is 12.7 Å². The summed E-state index contributed by atoms with van der Waals surface area (Å²) in [5.74, 6) is 0.0829. The largest absolute Gasteiger partial charge is 0.444 e. The maximum absolute atomic E-state index is 12.2. The number of carbonyl (C=O) groups is 2. The zero-order valence-electron chi connectivity index (χ0n) is 11.8. The molecule has 0 aromatic heterocycles. The van der Waals surface area contributed by atoms with Crippen molar-refractivity contribution in [1.29, 1.82) is 0 Å². The number of nitrogens with zero attached hydrogens (tertiary/aromatic N) is 1. The van der Waals surface area contributed by atoms with E-state index >= 15 is 0 Å². The lowest BCUT2D eigenvalue weighted by Gasteiger charge is -2.43. The van der Waals surface area contributed by atoms with Crippen LogP contribution >= 0.6 is 0 Å². The van der Waals surface area contributed by atoms with Gasteiger partial charge >= 0.3 is 6.09 Å². The van der Waals surface area contributed by atoms with Crippen LogP contribution in [0.2, 0.25) is 0 Å². The van der Waals surface area contributed by atoms with Crippen LogP contribution < -0.4 is 0 Å². The van der Waals surface area contributed by atoms with Gasteiger partial charge in [0.05, 0.1) is 0 Å². The fourth-order valence-electron chi connectivity index (χ4n) is 2.18. The molecule has 0 aromatic carbocycles. The highest BCUT2D eigenvalue weighted by Crippen LogP contribution is 2.30. The third kappa shape index (κ3) is 4.08. The molecule has 1 fully saturated rings. The first-order valence-corrected chi connectivity index (χ1v) is 6.35. The molecule has 0 aromatic rings. The zero-order chi connectivity index (χ0) is 14.0. The summed E-state index contributed by atoms with van der Waals surface area (Å²) in [5, 5.41) is 0. The number of ketones is 1. The molecule has 1 atom stereocenters. The van der Waals surface area contributed by atoms with Crippen LogP contribution in [-0.4, -0.2) is 34.5 Å². The second-order valence-corrected chi connectivity index (χ2v) is 5.93. The van der Waals surface area contributed by atoms with Crippen LogP contribution in [0.3, 0.4) is 0 Å². The third-order valence-corrected chi connectivity index (χ3v) is 3.14. The quantitative estimate of drug-likeness (QED) is 0.720. The zero-order valence-corrected chi connectivity index (χ0v) is 11.8. The van der Waals surface area contributed by atoms with Crippen LogP contribution in [0.15, 0.2) is 12.7 Å². The molecule has 1 saturated heterocycles. The summed E-state index contributed by atoms with van der Waals surface area (Å²) in [4.78, 5) is 25.8. The van der Waals surface area contributed by atoms with Crippen LogP contribution in [0.1, 0.15) is 54.4 Å². The lowest BCUT2D eigenvalue weighted by Crippen LogP contribution is -2.58. The smallest absolute Gasteiger partial charge is 0.411 e. The van der Waals surface area contributed by atoms with Gasteiger partial charge in [-0.15, -0.1) is 6.58 Å². The van der Waals surface area contributed by atoms with Crippen molar-refractivity contribution < 1.29 is 14.3 Å². The van der Waals surface area contributed by atoms with Crippen molar-refractivity contribution in [3.63, 3.8) is 0 Å². The van der Waals surface area contributed by atoms with Crippen molar-refractivity contribution in [2.24, 2.45) is 0 Å². The lowest BCUT2D eigenvalue weighted by atomic mass is 9.84. The Labute approximate surface area is 116 Å². The molecule has 0 unspecified atom stereocenters. The van der Waals surface area contributed by atoms with E-state index in [0.717, 1.165) is 0 Å². The molecule has 1 amide bonds. The summed E-state index contributed by atoms with van der Waals surface area (Å²) < 4.78 is 5.37. The predicted octanol–water partition coefficient (Wildman–Crippen LogP) is 3.56. The van der Waals surface area contributed by atoms with Crippen molar-refractivity contribution in [2.75, 3.05) is 6.54 Å². The van der Waals surface area contributed by atoms with Gasteiger partial charge in [-0.05, 0) is 40.5 Å². The summed E-state index contributed by atoms with van der Waals surface area (Å²) in [6.45, 7) is 11.5. The van der Waals surface area contributed by atoms with E-state index in [4.69, 9.17) is 4.74 Å². The number of Topliss-reactive ketones (excluding diaryl/α,β-unsaturated/α-hetero) is 1. The molecule has 0 radical (unpaired) electrons. The molecule has 0 N–H and O–H groups in total. The maximum atomic E-state index is 12.2. The SMILES string of the molecule is C.C=CC[C@@]1(C)C(=O)CCCN1C(=O)OC(C)(C)C. The molecule has 0 saturated carbocycles. The van der Waals surface area contributed by atoms with E-state index in [0.29, 0.717) is 25.8 Å². The minimum atomic E-state index is -0.803. The molecule has 1 rings (SSSR count). The number of rotatable bonds is 2. The summed E-state index contributed by atoms with van der Waals surface area (Å²) >= 11 is 0. The van der Waals surface area contributed by atoms with Crippen LogP contribution in [0.25, 0.3) is 0 Å². The van der Waals surface area contributed by atoms with E-state index in [2.05, 4.69) is 6.58 Å². The first-order valence-electron chi connectivity index (χ1n) is 6.35. The van der Waals surface area contributed by atoms with E-state index in [1.54, 1.807) is 17.9 Å². The summed E-state index contributed by atoms with van der Waals surface area (Å²) in [6.07, 6.45) is 2.94. The monoisotopic (exact) mass is 269 g/mol. The average molecular weight is 269 g/mol. The molecule has 0 bridgehead atoms. The van der Waals surface area contributed by atoms with Gasteiger partial charge in [-0.2, -0.15) is 0 Å². The molecule has 1 aliphatic rings. The van der Waals surface area contributed by atoms with Crippen molar-refractivity contribution >= 4 is 11.9 Å². The molecular weight excluding hydrogens is 242 g/mol. The molecule has 0 spiro atoms. The Hall–Kier alpha value is -1.32. The highest BCUT2D eigenvalue weighted by Gasteiger charge is 2.44. The fraction of sp³-hybridized carbons (Fsp3) is 0.733. The second-order valence-electron chi connectivity index (χ2n) is 5.93. The maximum Gasteiger partial charge on any atom is 0.411 e. The van der Waals surface area contributed by atoms with Crippen LogP contribution in [0.5, 0.6) is 0 Å². The molecule has 110 valence electrons. The van der Waals surface area contributed by atoms with Gasteiger partial charge in [-0.25, -0.2) is 4.79 Å². The molecule has 0 aliphatic carbocycles. The Kier molecular flexibility index (Phi) is 5.79. The highest BCUT2D eigenvalue weighted by atomic mass is 16.6. The van der Waals surface area contributed by atoms with Gasteiger partial charge in [0.15, 0.2) is 5.78 Å². The molecule has 1 heterocycles. The van der Waals surface area contributed by atoms with Crippen molar-refractivity contribution in [3.8, 4) is 0 Å². The summed E-state index contributed by atoms with van der Waals surface area (Å²) in [7, 11) is 0. The molecule has 4 nitrogen and oxygen atoms in total. The summed E-state index contributed by atoms with van der Waals surface area (Å²) in [5.41, 5.74) is -1.35. The first kappa shape index (κ1) is 17.7. The van der Waals surface area contributed by atoms with Gasteiger partial charge in [0.25, 0.3) is 0 Å². The third-order valence-electron chi connectivity index (χ3n) is 3.14. The molecule has 1 aliphatic heterocycles. The molecular formula is C15H27NO3. The van der Waals surface area contributed by atoms with Gasteiger partial charge in [-0.3, -0.25) is 9.69 Å². The number of likely N-dealkylation sites (tertiary alicyclic amines) is 1. The van der Waals surface area contributed by atoms with E-state index < -0.39 is 17.2 Å². The van der Waals surface area contributed by atoms with Gasteiger partial charge in [-0.1, -0.05) is 13.5 Å². The van der Waals surface area contributed by atoms with Gasteiger partial charge < -0.3 is 4.74 Å². The Morgan fingerprint density at radius 2 is 2.11 bits per heavy atom. The van der Waals surface area contributed by atoms with Crippen LogP contribution in [0, 0.1) is 0 Å². The molecule has 19 heavy (non-hydrogen) atoms. The number of piperidine rings is 1. The number of carbonyl (C=O) groups excluding carboxylic acids is 2. The minimum Gasteiger partial charge on any atom is -0.444 e. The van der Waals surface area contributed by atoms with Gasteiger partial charge in [0, 0.05) is 13.0 Å². The number of hydrogen-bond donors (Lipinski definition) is 0. The van der Waals surface area contributed by atoms with Crippen molar-refractivity contribution in [2.45, 2.75) is 65.5 Å². The van der Waals surface area contributed by atoms with E-state index in [-0.39, 0.29) is 13.2 Å². The Morgan fingerprint density at radius 3 is 2.58 bits per heavy atom. The molecule has 4 heteroatoms. The van der Waals surface area contributed by atoms with Gasteiger partial charge in [0.1, 0.15) is 11.1 Å². The van der Waals surface area contributed by atoms with Crippen LogP contribution in [-0.2, 0) is 9.53 Å². The number of amides is 1. The van der Waals surface area contributed by atoms with E-state index in [1.807, 2.05) is 20.8 Å². The van der Waals surface area contributed by atoms with Crippen LogP contribution in [0.4, 0.5) is 4.79 Å². The standard InChI is InChI=1S/C14H23NO3.CH4/c1-6-9-14(5)11(16)8-7-10-15(14)12(17)18-13(2,3)4;/h6H,1,7-10H2,2-5H3;1H4/t14-;/m0./s1. The fourth-order valence-corrected chi connectivity index (χ4v) is 2.18. The Morgan fingerprint density at radius 1 is 1.53 bits per heavy atom. The lowest BCUT2D eigenvalue weighted by molar-refractivity contribution is -0.133. The van der Waals surface area contributed by atoms with Crippen molar-refractivity contribution in [1.82, 2.24) is 4.90 Å². The normalized spacial score (nSPS) is 23.6. The second kappa shape index (κ2) is 6.22. The average Bonchev–Trinajstić information content (AvgIpc) is 2.20. The Balaban J connectivity index is 0.00000324.